The van der Waals surface area contributed by atoms with Gasteiger partial charge in [0.15, 0.2) is 0 Å². The molecule has 0 spiro atoms. The van der Waals surface area contributed by atoms with E-state index in [2.05, 4.69) is 16.9 Å². The Kier molecular flexibility index (Phi) is 5.07. The molecule has 2 aliphatic rings. The zero-order chi connectivity index (χ0) is 13.7. The number of carbonyl (C=O) groups is 1. The van der Waals surface area contributed by atoms with E-state index in [-0.39, 0.29) is 11.8 Å². The summed E-state index contributed by atoms with van der Waals surface area (Å²) in [7, 11) is 0. The van der Waals surface area contributed by atoms with E-state index in [0.717, 1.165) is 38.1 Å². The minimum Gasteiger partial charge on any atom is -0.378 e. The Morgan fingerprint density at radius 3 is 2.63 bits per heavy atom. The molecule has 0 saturated carbocycles. The van der Waals surface area contributed by atoms with Gasteiger partial charge in [-0.05, 0) is 13.3 Å². The van der Waals surface area contributed by atoms with Crippen molar-refractivity contribution in [3.05, 3.63) is 0 Å². The first-order valence-corrected chi connectivity index (χ1v) is 7.22. The SMILES string of the molecule is CCCCCC1C(=O)N=C(N2CCOCC2)N=C1C. The third-order valence-electron chi connectivity index (χ3n) is 3.68. The summed E-state index contributed by atoms with van der Waals surface area (Å²) in [5, 5.41) is 0. The Bertz CT molecular complexity index is 384. The molecule has 0 radical (unpaired) electrons. The van der Waals surface area contributed by atoms with E-state index in [0.29, 0.717) is 19.2 Å². The average Bonchev–Trinajstić information content (AvgIpc) is 2.43. The lowest BCUT2D eigenvalue weighted by atomic mass is 9.95. The van der Waals surface area contributed by atoms with Crippen molar-refractivity contribution in [3.8, 4) is 0 Å². The van der Waals surface area contributed by atoms with Gasteiger partial charge in [-0.1, -0.05) is 26.2 Å². The molecule has 106 valence electrons. The molecule has 2 heterocycles. The molecular weight excluding hydrogens is 242 g/mol. The van der Waals surface area contributed by atoms with Crippen LogP contribution in [0.3, 0.4) is 0 Å². The van der Waals surface area contributed by atoms with Gasteiger partial charge in [0.05, 0.1) is 19.1 Å². The molecule has 1 saturated heterocycles. The zero-order valence-corrected chi connectivity index (χ0v) is 11.9. The molecule has 19 heavy (non-hydrogen) atoms. The fraction of sp³-hybridized carbons (Fsp3) is 0.786. The molecule has 0 aromatic carbocycles. The molecule has 1 unspecified atom stereocenters. The highest BCUT2D eigenvalue weighted by molar-refractivity contribution is 6.14. The Hall–Kier alpha value is -1.23. The van der Waals surface area contributed by atoms with Crippen molar-refractivity contribution in [3.63, 3.8) is 0 Å². The lowest BCUT2D eigenvalue weighted by molar-refractivity contribution is -0.120. The number of guanidine groups is 1. The standard InChI is InChI=1S/C14H23N3O2/c1-3-4-5-6-12-11(2)15-14(16-13(12)18)17-7-9-19-10-8-17/h12H,3-10H2,1-2H3. The molecule has 5 nitrogen and oxygen atoms in total. The molecular formula is C14H23N3O2. The number of rotatable bonds is 4. The largest absolute Gasteiger partial charge is 0.378 e. The van der Waals surface area contributed by atoms with Gasteiger partial charge >= 0.3 is 0 Å². The Morgan fingerprint density at radius 1 is 1.26 bits per heavy atom. The fourth-order valence-corrected chi connectivity index (χ4v) is 2.45. The summed E-state index contributed by atoms with van der Waals surface area (Å²) >= 11 is 0. The third-order valence-corrected chi connectivity index (χ3v) is 3.68. The summed E-state index contributed by atoms with van der Waals surface area (Å²) in [6.45, 7) is 7.01. The Labute approximate surface area is 114 Å². The van der Waals surface area contributed by atoms with Crippen molar-refractivity contribution in [1.29, 1.82) is 0 Å². The van der Waals surface area contributed by atoms with Gasteiger partial charge in [0.2, 0.25) is 5.96 Å². The minimum atomic E-state index is -0.101. The van der Waals surface area contributed by atoms with E-state index in [1.165, 1.54) is 6.42 Å². The van der Waals surface area contributed by atoms with E-state index in [9.17, 15) is 4.79 Å². The van der Waals surface area contributed by atoms with Crippen LogP contribution in [0, 0.1) is 5.92 Å². The van der Waals surface area contributed by atoms with Gasteiger partial charge in [-0.15, -0.1) is 0 Å². The highest BCUT2D eigenvalue weighted by Gasteiger charge is 2.28. The summed E-state index contributed by atoms with van der Waals surface area (Å²) in [6.07, 6.45) is 4.28. The summed E-state index contributed by atoms with van der Waals surface area (Å²) < 4.78 is 5.30. The van der Waals surface area contributed by atoms with E-state index in [1.807, 2.05) is 11.8 Å². The Morgan fingerprint density at radius 2 is 2.00 bits per heavy atom. The number of nitrogens with zero attached hydrogens (tertiary/aromatic N) is 3. The normalized spacial score (nSPS) is 24.2. The average molecular weight is 265 g/mol. The van der Waals surface area contributed by atoms with Crippen LogP contribution in [0.2, 0.25) is 0 Å². The second kappa shape index (κ2) is 6.80. The van der Waals surface area contributed by atoms with Gasteiger partial charge in [0.1, 0.15) is 0 Å². The first-order chi connectivity index (χ1) is 9.22. The minimum absolute atomic E-state index is 0.0231. The second-order valence-electron chi connectivity index (χ2n) is 5.15. The number of hydrogen-bond donors (Lipinski definition) is 0. The first-order valence-electron chi connectivity index (χ1n) is 7.22. The topological polar surface area (TPSA) is 54.3 Å². The predicted molar refractivity (Wildman–Crippen MR) is 75.6 cm³/mol. The quantitative estimate of drug-likeness (QED) is 0.729. The van der Waals surface area contributed by atoms with Crippen LogP contribution >= 0.6 is 0 Å². The van der Waals surface area contributed by atoms with Crippen molar-refractivity contribution < 1.29 is 9.53 Å². The van der Waals surface area contributed by atoms with E-state index in [1.54, 1.807) is 0 Å². The maximum Gasteiger partial charge on any atom is 0.257 e. The van der Waals surface area contributed by atoms with Gasteiger partial charge in [-0.25, -0.2) is 4.99 Å². The van der Waals surface area contributed by atoms with Crippen LogP contribution in [0.4, 0.5) is 0 Å². The fourth-order valence-electron chi connectivity index (χ4n) is 2.45. The third kappa shape index (κ3) is 3.62. The summed E-state index contributed by atoms with van der Waals surface area (Å²) in [5.41, 5.74) is 0.914. The molecule has 0 N–H and O–H groups in total. The van der Waals surface area contributed by atoms with Crippen LogP contribution in [-0.4, -0.2) is 48.8 Å². The second-order valence-corrected chi connectivity index (χ2v) is 5.15. The maximum absolute atomic E-state index is 12.1. The molecule has 2 rings (SSSR count). The van der Waals surface area contributed by atoms with E-state index in [4.69, 9.17) is 4.74 Å². The van der Waals surface area contributed by atoms with Gasteiger partial charge < -0.3 is 9.64 Å². The Balaban J connectivity index is 1.98. The van der Waals surface area contributed by atoms with Crippen molar-refractivity contribution in [1.82, 2.24) is 4.90 Å². The molecule has 0 bridgehead atoms. The molecule has 0 aliphatic carbocycles. The summed E-state index contributed by atoms with van der Waals surface area (Å²) in [4.78, 5) is 22.9. The van der Waals surface area contributed by atoms with Crippen LogP contribution in [0.1, 0.15) is 39.5 Å². The maximum atomic E-state index is 12.1. The van der Waals surface area contributed by atoms with Crippen molar-refractivity contribution >= 4 is 17.6 Å². The first kappa shape index (κ1) is 14.2. The molecule has 5 heteroatoms. The summed E-state index contributed by atoms with van der Waals surface area (Å²) in [6, 6.07) is 0. The lowest BCUT2D eigenvalue weighted by Crippen LogP contribution is -2.43. The number of aliphatic imine (C=N–C) groups is 2. The summed E-state index contributed by atoms with van der Waals surface area (Å²) in [5.74, 6) is 0.457. The van der Waals surface area contributed by atoms with Gasteiger partial charge in [0.25, 0.3) is 5.91 Å². The van der Waals surface area contributed by atoms with Crippen LogP contribution in [0.25, 0.3) is 0 Å². The van der Waals surface area contributed by atoms with Crippen molar-refractivity contribution in [2.45, 2.75) is 39.5 Å². The molecule has 1 fully saturated rings. The molecule has 2 aliphatic heterocycles. The number of ether oxygens (including phenoxy) is 1. The van der Waals surface area contributed by atoms with Crippen molar-refractivity contribution in [2.24, 2.45) is 15.9 Å². The molecule has 1 amide bonds. The van der Waals surface area contributed by atoms with Crippen LogP contribution in [0.15, 0.2) is 9.98 Å². The van der Waals surface area contributed by atoms with E-state index >= 15 is 0 Å². The van der Waals surface area contributed by atoms with E-state index < -0.39 is 0 Å². The highest BCUT2D eigenvalue weighted by atomic mass is 16.5. The number of morpholine rings is 1. The van der Waals surface area contributed by atoms with Gasteiger partial charge in [0, 0.05) is 18.8 Å². The zero-order valence-electron chi connectivity index (χ0n) is 11.9. The number of unbranched alkanes of at least 4 members (excludes halogenated alkanes) is 2. The van der Waals surface area contributed by atoms with Gasteiger partial charge in [-0.2, -0.15) is 4.99 Å². The van der Waals surface area contributed by atoms with Crippen LogP contribution in [-0.2, 0) is 9.53 Å². The predicted octanol–water partition coefficient (Wildman–Crippen LogP) is 1.87. The molecule has 1 atom stereocenters. The molecule has 0 aromatic heterocycles. The van der Waals surface area contributed by atoms with Crippen LogP contribution < -0.4 is 0 Å². The monoisotopic (exact) mass is 265 g/mol. The molecule has 0 aromatic rings. The number of carbonyl (C=O) groups excluding carboxylic acids is 1. The smallest absolute Gasteiger partial charge is 0.257 e. The number of hydrogen-bond acceptors (Lipinski definition) is 4. The number of amides is 1. The lowest BCUT2D eigenvalue weighted by Gasteiger charge is -2.30. The van der Waals surface area contributed by atoms with Crippen molar-refractivity contribution in [2.75, 3.05) is 26.3 Å². The highest BCUT2D eigenvalue weighted by Crippen LogP contribution is 2.18. The van der Waals surface area contributed by atoms with Crippen LogP contribution in [0.5, 0.6) is 0 Å². The van der Waals surface area contributed by atoms with Gasteiger partial charge in [-0.3, -0.25) is 4.79 Å².